The molecule has 0 saturated carbocycles. The van der Waals surface area contributed by atoms with Gasteiger partial charge in [0, 0.05) is 43.3 Å². The minimum atomic E-state index is 0.158. The van der Waals surface area contributed by atoms with Gasteiger partial charge in [-0.1, -0.05) is 42.5 Å². The molecule has 3 aromatic rings. The zero-order valence-corrected chi connectivity index (χ0v) is 17.2. The van der Waals surface area contributed by atoms with Crippen molar-refractivity contribution in [3.63, 3.8) is 0 Å². The number of rotatable bonds is 2. The highest BCUT2D eigenvalue weighted by molar-refractivity contribution is 6.05. The van der Waals surface area contributed by atoms with Crippen LogP contribution in [0.4, 0.5) is 0 Å². The number of piperidine rings is 1. The second kappa shape index (κ2) is 7.21. The Kier molecular flexibility index (Phi) is 4.34. The average Bonchev–Trinajstić information content (AvgIpc) is 3.01. The van der Waals surface area contributed by atoms with E-state index in [9.17, 15) is 4.79 Å². The third kappa shape index (κ3) is 3.02. The number of hydrogen-bond donors (Lipinski definition) is 0. The number of aromatic nitrogens is 1. The number of pyridine rings is 1. The largest absolute Gasteiger partial charge is 0.334 e. The highest BCUT2D eigenvalue weighted by atomic mass is 16.2. The Balaban J connectivity index is 1.26. The van der Waals surface area contributed by atoms with E-state index in [1.54, 1.807) is 6.20 Å². The third-order valence-corrected chi connectivity index (χ3v) is 7.41. The molecule has 4 heterocycles. The second-order valence-corrected chi connectivity index (χ2v) is 9.22. The fourth-order valence-corrected chi connectivity index (χ4v) is 5.89. The first kappa shape index (κ1) is 18.1. The number of para-hydroxylation sites is 1. The van der Waals surface area contributed by atoms with Crippen molar-refractivity contribution in [3.05, 3.63) is 77.5 Å². The van der Waals surface area contributed by atoms with Gasteiger partial charge in [0.05, 0.1) is 11.1 Å². The van der Waals surface area contributed by atoms with Gasteiger partial charge in [-0.25, -0.2) is 0 Å². The molecule has 4 aliphatic rings. The van der Waals surface area contributed by atoms with Crippen LogP contribution in [0.15, 0.2) is 60.8 Å². The van der Waals surface area contributed by atoms with Gasteiger partial charge in [-0.05, 0) is 54.9 Å². The Morgan fingerprint density at radius 3 is 2.47 bits per heavy atom. The summed E-state index contributed by atoms with van der Waals surface area (Å²) >= 11 is 0. The maximum Gasteiger partial charge on any atom is 0.256 e. The van der Waals surface area contributed by atoms with Gasteiger partial charge >= 0.3 is 0 Å². The van der Waals surface area contributed by atoms with E-state index in [0.29, 0.717) is 18.0 Å². The van der Waals surface area contributed by atoms with Gasteiger partial charge in [0.25, 0.3) is 5.91 Å². The molecule has 3 fully saturated rings. The Hall–Kier alpha value is -2.72. The number of fused-ring (bicyclic) bond motifs is 6. The molecule has 1 aliphatic carbocycles. The second-order valence-electron chi connectivity index (χ2n) is 9.22. The molecule has 3 aliphatic heterocycles. The van der Waals surface area contributed by atoms with Gasteiger partial charge in [-0.3, -0.25) is 14.7 Å². The summed E-state index contributed by atoms with van der Waals surface area (Å²) in [6.07, 6.45) is 6.43. The molecule has 3 saturated heterocycles. The van der Waals surface area contributed by atoms with Crippen molar-refractivity contribution < 1.29 is 4.79 Å². The van der Waals surface area contributed by atoms with Crippen LogP contribution in [0.1, 0.15) is 34.3 Å². The van der Waals surface area contributed by atoms with E-state index in [0.717, 1.165) is 55.4 Å². The van der Waals surface area contributed by atoms with Crippen LogP contribution < -0.4 is 0 Å². The Morgan fingerprint density at radius 2 is 1.63 bits per heavy atom. The van der Waals surface area contributed by atoms with Gasteiger partial charge in [0.15, 0.2) is 0 Å². The quantitative estimate of drug-likeness (QED) is 0.657. The molecule has 4 nitrogen and oxygen atoms in total. The fraction of sp³-hybridized carbons (Fsp3) is 0.385. The van der Waals surface area contributed by atoms with Gasteiger partial charge in [0.1, 0.15) is 0 Å². The predicted octanol–water partition coefficient (Wildman–Crippen LogP) is 3.94. The molecular formula is C26H27N3O. The molecule has 0 unspecified atom stereocenters. The van der Waals surface area contributed by atoms with E-state index in [1.165, 1.54) is 17.5 Å². The average molecular weight is 398 g/mol. The lowest BCUT2D eigenvalue weighted by atomic mass is 9.94. The summed E-state index contributed by atoms with van der Waals surface area (Å²) in [6.45, 7) is 2.99. The molecule has 1 aromatic heterocycles. The molecular weight excluding hydrogens is 370 g/mol. The number of carbonyl (C=O) groups is 1. The van der Waals surface area contributed by atoms with Crippen LogP contribution in [0.3, 0.4) is 0 Å². The van der Waals surface area contributed by atoms with Crippen molar-refractivity contribution >= 4 is 16.8 Å². The molecule has 2 bridgehead atoms. The monoisotopic (exact) mass is 397 g/mol. The number of nitrogens with zero attached hydrogens (tertiary/aromatic N) is 3. The lowest BCUT2D eigenvalue weighted by molar-refractivity contribution is 0.0583. The van der Waals surface area contributed by atoms with Crippen LogP contribution in [0.2, 0.25) is 0 Å². The van der Waals surface area contributed by atoms with Crippen LogP contribution in [0, 0.1) is 5.92 Å². The fourth-order valence-electron chi connectivity index (χ4n) is 5.89. The van der Waals surface area contributed by atoms with Gasteiger partial charge in [-0.15, -0.1) is 0 Å². The standard InChI is InChI=1S/C26H27N3O/c30-26(24-9-3-7-19-8-4-12-27-25(19)24)29-16-18-10-11-22(29)17-28(15-18)23-13-20-5-1-2-6-21(20)14-23/h1-9,12,18,22-23H,10-11,13-17H2/t18-,22+/m0/s1. The van der Waals surface area contributed by atoms with Gasteiger partial charge in [0.2, 0.25) is 0 Å². The van der Waals surface area contributed by atoms with Crippen molar-refractivity contribution in [2.45, 2.75) is 37.8 Å². The molecule has 152 valence electrons. The van der Waals surface area contributed by atoms with Crippen LogP contribution in [0.5, 0.6) is 0 Å². The van der Waals surface area contributed by atoms with Gasteiger partial charge < -0.3 is 4.90 Å². The Labute approximate surface area is 177 Å². The zero-order chi connectivity index (χ0) is 20.1. The third-order valence-electron chi connectivity index (χ3n) is 7.41. The van der Waals surface area contributed by atoms with Crippen molar-refractivity contribution in [3.8, 4) is 0 Å². The highest BCUT2D eigenvalue weighted by Crippen LogP contribution is 2.34. The Morgan fingerprint density at radius 1 is 0.833 bits per heavy atom. The predicted molar refractivity (Wildman–Crippen MR) is 119 cm³/mol. The first-order valence-electron chi connectivity index (χ1n) is 11.2. The molecule has 0 radical (unpaired) electrons. The van der Waals surface area contributed by atoms with E-state index < -0.39 is 0 Å². The summed E-state index contributed by atoms with van der Waals surface area (Å²) in [5, 5.41) is 1.04. The van der Waals surface area contributed by atoms with Crippen LogP contribution >= 0.6 is 0 Å². The summed E-state index contributed by atoms with van der Waals surface area (Å²) in [7, 11) is 0. The Bertz CT molecular complexity index is 1080. The maximum atomic E-state index is 13.6. The summed E-state index contributed by atoms with van der Waals surface area (Å²) in [6, 6.07) is 19.7. The molecule has 0 N–H and O–H groups in total. The summed E-state index contributed by atoms with van der Waals surface area (Å²) in [5.74, 6) is 0.727. The van der Waals surface area contributed by atoms with Crippen molar-refractivity contribution in [2.24, 2.45) is 5.92 Å². The van der Waals surface area contributed by atoms with Gasteiger partial charge in [-0.2, -0.15) is 0 Å². The minimum absolute atomic E-state index is 0.158. The molecule has 2 atom stereocenters. The molecule has 0 spiro atoms. The van der Waals surface area contributed by atoms with E-state index in [-0.39, 0.29) is 5.91 Å². The van der Waals surface area contributed by atoms with Crippen molar-refractivity contribution in [1.82, 2.24) is 14.8 Å². The van der Waals surface area contributed by atoms with Crippen LogP contribution in [0.25, 0.3) is 10.9 Å². The number of hydrogen-bond acceptors (Lipinski definition) is 3. The van der Waals surface area contributed by atoms with E-state index >= 15 is 0 Å². The maximum absolute atomic E-state index is 13.6. The SMILES string of the molecule is O=C(c1cccc2cccnc12)N1C[C@H]2CC[C@@H]1CN(C1Cc3ccccc3C1)C2. The molecule has 30 heavy (non-hydrogen) atoms. The van der Waals surface area contributed by atoms with E-state index in [2.05, 4.69) is 39.0 Å². The first-order chi connectivity index (χ1) is 14.8. The van der Waals surface area contributed by atoms with E-state index in [1.807, 2.05) is 30.3 Å². The first-order valence-corrected chi connectivity index (χ1v) is 11.2. The van der Waals surface area contributed by atoms with Crippen molar-refractivity contribution in [1.29, 1.82) is 0 Å². The number of benzene rings is 2. The molecule has 2 aromatic carbocycles. The smallest absolute Gasteiger partial charge is 0.256 e. The van der Waals surface area contributed by atoms with Crippen LogP contribution in [-0.4, -0.2) is 52.4 Å². The summed E-state index contributed by atoms with van der Waals surface area (Å²) < 4.78 is 0. The van der Waals surface area contributed by atoms with E-state index in [4.69, 9.17) is 0 Å². The highest BCUT2D eigenvalue weighted by Gasteiger charge is 2.40. The number of amides is 1. The molecule has 7 rings (SSSR count). The molecule has 1 amide bonds. The topological polar surface area (TPSA) is 36.4 Å². The zero-order valence-electron chi connectivity index (χ0n) is 17.2. The molecule has 4 heteroatoms. The number of carbonyl (C=O) groups excluding carboxylic acids is 1. The summed E-state index contributed by atoms with van der Waals surface area (Å²) in [4.78, 5) is 23.0. The summed E-state index contributed by atoms with van der Waals surface area (Å²) in [5.41, 5.74) is 4.59. The lowest BCUT2D eigenvalue weighted by Crippen LogP contribution is -2.48. The lowest BCUT2D eigenvalue weighted by Gasteiger charge is -2.36. The normalized spacial score (nSPS) is 24.2. The van der Waals surface area contributed by atoms with Crippen molar-refractivity contribution in [2.75, 3.05) is 19.6 Å². The minimum Gasteiger partial charge on any atom is -0.334 e. The van der Waals surface area contributed by atoms with Crippen LogP contribution in [-0.2, 0) is 12.8 Å².